The molecule has 400 valence electrons. The van der Waals surface area contributed by atoms with Gasteiger partial charge in [-0.15, -0.1) is 26.3 Å². The van der Waals surface area contributed by atoms with Crippen LogP contribution in [0.3, 0.4) is 0 Å². The molecule has 77 heavy (non-hydrogen) atoms. The van der Waals surface area contributed by atoms with E-state index in [2.05, 4.69) is 91.9 Å². The number of para-hydroxylation sites is 3. The number of halogens is 6. The van der Waals surface area contributed by atoms with Crippen molar-refractivity contribution in [1.29, 1.82) is 0 Å². The van der Waals surface area contributed by atoms with Crippen LogP contribution in [0.25, 0.3) is 68.5 Å². The predicted molar refractivity (Wildman–Crippen MR) is 278 cm³/mol. The summed E-state index contributed by atoms with van der Waals surface area (Å²) in [7, 11) is 1.63. The average Bonchev–Trinajstić information content (AvgIpc) is 4.23. The summed E-state index contributed by atoms with van der Waals surface area (Å²) in [6, 6.07) is 42.9. The van der Waals surface area contributed by atoms with E-state index in [4.69, 9.17) is 18.3 Å². The molecule has 10 rings (SSSR count). The highest BCUT2D eigenvalue weighted by atomic mass is 19.4. The molecule has 0 unspecified atom stereocenters. The Kier molecular flexibility index (Phi) is 17.9. The highest BCUT2D eigenvalue weighted by molar-refractivity contribution is 5.68. The van der Waals surface area contributed by atoms with Crippen LogP contribution in [0, 0.1) is 11.8 Å². The zero-order valence-electron chi connectivity index (χ0n) is 42.9. The van der Waals surface area contributed by atoms with Gasteiger partial charge in [-0.1, -0.05) is 135 Å². The van der Waals surface area contributed by atoms with E-state index in [9.17, 15) is 26.3 Å². The Balaban J connectivity index is 0.000000153. The van der Waals surface area contributed by atoms with Crippen molar-refractivity contribution in [2.45, 2.75) is 91.3 Å². The summed E-state index contributed by atoms with van der Waals surface area (Å²) >= 11 is 0. The second-order valence-electron chi connectivity index (χ2n) is 19.1. The second-order valence-corrected chi connectivity index (χ2v) is 19.1. The normalized spacial score (nSPS) is 12.9. The van der Waals surface area contributed by atoms with Gasteiger partial charge in [0.05, 0.1) is 23.8 Å². The zero-order chi connectivity index (χ0) is 54.5. The van der Waals surface area contributed by atoms with Crippen molar-refractivity contribution in [3.63, 3.8) is 0 Å². The molecule has 18 heteroatoms. The highest BCUT2D eigenvalue weighted by Gasteiger charge is 2.34. The van der Waals surface area contributed by atoms with Crippen molar-refractivity contribution in [1.82, 2.24) is 30.4 Å². The molecular formula is C59H56F6N6O6. The fourth-order valence-corrected chi connectivity index (χ4v) is 8.75. The van der Waals surface area contributed by atoms with E-state index in [1.54, 1.807) is 19.2 Å². The SMILES string of the molecule is CC(C)Cc1ccc(-c2nc(-c3ccccc3OC(F)(F)F)no2)cc1.COc1ccccc1-c1noc(-c2ccc(CC(C)C)cc2)n1.FC(F)(F)Oc1ccccc1-c1noc(-c2ccc(C3CCCCC3)cc2)n1. The summed E-state index contributed by atoms with van der Waals surface area (Å²) in [6.45, 7) is 8.70. The Hall–Kier alpha value is -8.28. The molecule has 1 fully saturated rings. The lowest BCUT2D eigenvalue weighted by Crippen LogP contribution is -2.17. The summed E-state index contributed by atoms with van der Waals surface area (Å²) < 4.78 is 105. The van der Waals surface area contributed by atoms with Crippen LogP contribution in [0.4, 0.5) is 26.3 Å². The van der Waals surface area contributed by atoms with Gasteiger partial charge in [0.1, 0.15) is 17.2 Å². The Labute approximate surface area is 441 Å². The molecule has 3 heterocycles. The van der Waals surface area contributed by atoms with E-state index < -0.39 is 12.7 Å². The van der Waals surface area contributed by atoms with Gasteiger partial charge < -0.3 is 27.8 Å². The standard InChI is InChI=1S/C21H19F3N2O2.C19H17F3N2O2.C19H20N2O2/c22-21(23,24)27-18-9-5-4-8-17(18)19-25-20(28-26-19)16-12-10-15(11-13-16)14-6-2-1-3-7-14;1-12(2)11-13-7-9-14(10-8-13)18-23-17(24-26-18)15-5-3-4-6-16(15)25-19(20,21)22;1-13(2)12-14-8-10-15(11-9-14)19-20-18(21-23-19)16-6-4-5-7-17(16)22-3/h4-5,8-14H,1-3,6-7H2;3-10,12H,11H2,1-2H3;4-11,13H,12H2,1-3H3. The van der Waals surface area contributed by atoms with Crippen LogP contribution < -0.4 is 14.2 Å². The van der Waals surface area contributed by atoms with Gasteiger partial charge >= 0.3 is 12.7 Å². The monoisotopic (exact) mass is 1060 g/mol. The van der Waals surface area contributed by atoms with Gasteiger partial charge in [-0.3, -0.25) is 0 Å². The van der Waals surface area contributed by atoms with Crippen molar-refractivity contribution < 1.29 is 54.1 Å². The van der Waals surface area contributed by atoms with Crippen LogP contribution in [-0.2, 0) is 12.8 Å². The minimum Gasteiger partial charge on any atom is -0.496 e. The Morgan fingerprint density at radius 1 is 0.455 bits per heavy atom. The molecule has 0 atom stereocenters. The number of benzene rings is 6. The van der Waals surface area contributed by atoms with Gasteiger partial charge in [0.2, 0.25) is 17.5 Å². The highest BCUT2D eigenvalue weighted by Crippen LogP contribution is 2.37. The quantitative estimate of drug-likeness (QED) is 0.0956. The molecule has 0 bridgehead atoms. The van der Waals surface area contributed by atoms with Gasteiger partial charge in [0.25, 0.3) is 17.7 Å². The van der Waals surface area contributed by atoms with Crippen molar-refractivity contribution >= 4 is 0 Å². The van der Waals surface area contributed by atoms with Gasteiger partial charge in [-0.25, -0.2) is 0 Å². The molecule has 0 N–H and O–H groups in total. The van der Waals surface area contributed by atoms with Crippen molar-refractivity contribution in [3.05, 3.63) is 162 Å². The number of hydrogen-bond donors (Lipinski definition) is 0. The first-order chi connectivity index (χ1) is 37.0. The lowest BCUT2D eigenvalue weighted by molar-refractivity contribution is -0.275. The summed E-state index contributed by atoms with van der Waals surface area (Å²) in [5.74, 6) is 3.38. The third kappa shape index (κ3) is 15.4. The number of methoxy groups -OCH3 is 1. The van der Waals surface area contributed by atoms with E-state index >= 15 is 0 Å². The van der Waals surface area contributed by atoms with Crippen LogP contribution in [0.2, 0.25) is 0 Å². The van der Waals surface area contributed by atoms with Gasteiger partial charge in [-0.05, 0) is 133 Å². The van der Waals surface area contributed by atoms with Crippen LogP contribution in [0.1, 0.15) is 82.4 Å². The molecule has 0 spiro atoms. The number of alkyl halides is 6. The number of rotatable bonds is 14. The minimum absolute atomic E-state index is 0.0334. The molecule has 6 aromatic carbocycles. The first kappa shape index (κ1) is 55.0. The number of aromatic nitrogens is 6. The lowest BCUT2D eigenvalue weighted by Gasteiger charge is -2.21. The lowest BCUT2D eigenvalue weighted by atomic mass is 9.84. The molecule has 3 aromatic heterocycles. The van der Waals surface area contributed by atoms with Gasteiger partial charge in [0, 0.05) is 16.7 Å². The Morgan fingerprint density at radius 2 is 0.792 bits per heavy atom. The topological polar surface area (TPSA) is 144 Å². The van der Waals surface area contributed by atoms with Crippen molar-refractivity contribution in [2.24, 2.45) is 11.8 Å². The van der Waals surface area contributed by atoms with E-state index in [1.807, 2.05) is 72.8 Å². The number of hydrogen-bond acceptors (Lipinski definition) is 12. The number of ether oxygens (including phenoxy) is 3. The number of nitrogens with zero attached hydrogens (tertiary/aromatic N) is 6. The maximum atomic E-state index is 12.6. The van der Waals surface area contributed by atoms with Crippen molar-refractivity contribution in [2.75, 3.05) is 7.11 Å². The van der Waals surface area contributed by atoms with E-state index in [-0.39, 0.29) is 46.1 Å². The van der Waals surface area contributed by atoms with Crippen LogP contribution in [0.15, 0.2) is 159 Å². The predicted octanol–water partition coefficient (Wildman–Crippen LogP) is 16.5. The molecule has 0 radical (unpaired) electrons. The van der Waals surface area contributed by atoms with Crippen LogP contribution in [0.5, 0.6) is 17.2 Å². The fraction of sp³-hybridized carbons (Fsp3) is 0.288. The third-order valence-corrected chi connectivity index (χ3v) is 12.3. The maximum absolute atomic E-state index is 12.6. The largest absolute Gasteiger partial charge is 0.573 e. The molecule has 1 aliphatic rings. The second kappa shape index (κ2) is 25.0. The van der Waals surface area contributed by atoms with E-state index in [0.717, 1.165) is 35.3 Å². The third-order valence-electron chi connectivity index (χ3n) is 12.3. The molecule has 12 nitrogen and oxygen atoms in total. The molecule has 1 saturated carbocycles. The zero-order valence-corrected chi connectivity index (χ0v) is 42.9. The summed E-state index contributed by atoms with van der Waals surface area (Å²) in [5, 5.41) is 11.7. The summed E-state index contributed by atoms with van der Waals surface area (Å²) in [5.41, 5.74) is 7.20. The van der Waals surface area contributed by atoms with E-state index in [0.29, 0.717) is 35.0 Å². The van der Waals surface area contributed by atoms with Crippen LogP contribution in [-0.4, -0.2) is 50.3 Å². The first-order valence-electron chi connectivity index (χ1n) is 25.1. The summed E-state index contributed by atoms with van der Waals surface area (Å²) in [4.78, 5) is 13.0. The molecule has 9 aromatic rings. The van der Waals surface area contributed by atoms with Crippen LogP contribution >= 0.6 is 0 Å². The van der Waals surface area contributed by atoms with E-state index in [1.165, 1.54) is 85.2 Å². The maximum Gasteiger partial charge on any atom is 0.573 e. The molecule has 0 amide bonds. The summed E-state index contributed by atoms with van der Waals surface area (Å²) in [6.07, 6.45) is -1.32. The Bertz CT molecular complexity index is 3270. The van der Waals surface area contributed by atoms with Gasteiger partial charge in [0.15, 0.2) is 0 Å². The van der Waals surface area contributed by atoms with Gasteiger partial charge in [-0.2, -0.15) is 15.0 Å². The smallest absolute Gasteiger partial charge is 0.496 e. The molecule has 1 aliphatic carbocycles. The Morgan fingerprint density at radius 3 is 1.14 bits per heavy atom. The first-order valence-corrected chi connectivity index (χ1v) is 25.1. The minimum atomic E-state index is -4.80. The average molecular weight is 1060 g/mol. The molecule has 0 aliphatic heterocycles. The molecule has 0 saturated heterocycles. The molecular weight excluding hydrogens is 1000 g/mol. The van der Waals surface area contributed by atoms with Crippen molar-refractivity contribution in [3.8, 4) is 85.8 Å². The fourth-order valence-electron chi connectivity index (χ4n) is 8.75.